The van der Waals surface area contributed by atoms with E-state index in [0.717, 1.165) is 0 Å². The molecule has 5 nitrogen and oxygen atoms in total. The van der Waals surface area contributed by atoms with Crippen LogP contribution >= 0.6 is 15.9 Å². The summed E-state index contributed by atoms with van der Waals surface area (Å²) in [5.74, 6) is -0.354. The number of esters is 1. The fourth-order valence-electron chi connectivity index (χ4n) is 0.284. The van der Waals surface area contributed by atoms with Gasteiger partial charge >= 0.3 is 5.97 Å². The predicted molar refractivity (Wildman–Crippen MR) is 38.8 cm³/mol. The van der Waals surface area contributed by atoms with Crippen molar-refractivity contribution in [3.8, 4) is 0 Å². The van der Waals surface area contributed by atoms with Gasteiger partial charge in [-0.25, -0.2) is 0 Å². The fourth-order valence-corrected chi connectivity index (χ4v) is 0.445. The van der Waals surface area contributed by atoms with Crippen LogP contribution < -0.4 is 0 Å². The number of rotatable bonds is 4. The Bertz CT molecular complexity index is 155. The molecule has 0 heterocycles. The first kappa shape index (κ1) is 9.26. The first-order chi connectivity index (χ1) is 4.81. The quantitative estimate of drug-likeness (QED) is 0.174. The van der Waals surface area contributed by atoms with Gasteiger partial charge in [0.25, 0.3) is 0 Å². The van der Waals surface area contributed by atoms with Crippen molar-refractivity contribution in [2.24, 2.45) is 5.11 Å². The van der Waals surface area contributed by atoms with E-state index < -0.39 is 0 Å². The summed E-state index contributed by atoms with van der Waals surface area (Å²) in [5.41, 5.74) is 7.80. The molecule has 0 N–H and O–H groups in total. The van der Waals surface area contributed by atoms with Gasteiger partial charge < -0.3 is 4.74 Å². The molecule has 0 bridgehead atoms. The van der Waals surface area contributed by atoms with E-state index in [1.807, 2.05) is 0 Å². The Hall–Kier alpha value is -0.740. The lowest BCUT2D eigenvalue weighted by Crippen LogP contribution is -2.07. The zero-order valence-electron chi connectivity index (χ0n) is 5.16. The van der Waals surface area contributed by atoms with Gasteiger partial charge in [-0.1, -0.05) is 21.0 Å². The number of halogens is 1. The normalized spacial score (nSPS) is 8.10. The second-order valence-corrected chi connectivity index (χ2v) is 1.87. The molecule has 0 aliphatic heterocycles. The van der Waals surface area contributed by atoms with Crippen molar-refractivity contribution in [3.63, 3.8) is 0 Å². The van der Waals surface area contributed by atoms with Crippen LogP contribution in [0.1, 0.15) is 0 Å². The average Bonchev–Trinajstić information content (AvgIpc) is 1.98. The maximum absolute atomic E-state index is 10.4. The van der Waals surface area contributed by atoms with Gasteiger partial charge in [0.05, 0.1) is 13.2 Å². The maximum Gasteiger partial charge on any atom is 0.316 e. The topological polar surface area (TPSA) is 75.1 Å². The SMILES string of the molecule is [N-]=[N+]=NCCOC(=O)CBr. The summed E-state index contributed by atoms with van der Waals surface area (Å²) < 4.78 is 4.54. The van der Waals surface area contributed by atoms with E-state index in [2.05, 4.69) is 30.7 Å². The molecule has 0 aromatic carbocycles. The summed E-state index contributed by atoms with van der Waals surface area (Å²) in [5, 5.41) is 3.34. The smallest absolute Gasteiger partial charge is 0.316 e. The Morgan fingerprint density at radius 3 is 3.00 bits per heavy atom. The predicted octanol–water partition coefficient (Wildman–Crippen LogP) is 1.23. The van der Waals surface area contributed by atoms with E-state index in [1.54, 1.807) is 0 Å². The number of azide groups is 1. The number of ether oxygens (including phenoxy) is 1. The molecule has 0 amide bonds. The van der Waals surface area contributed by atoms with Crippen LogP contribution in [0.2, 0.25) is 0 Å². The molecule has 0 fully saturated rings. The third-order valence-corrected chi connectivity index (χ3v) is 1.08. The van der Waals surface area contributed by atoms with Gasteiger partial charge in [-0.15, -0.1) is 0 Å². The van der Waals surface area contributed by atoms with E-state index in [4.69, 9.17) is 5.53 Å². The zero-order chi connectivity index (χ0) is 7.82. The van der Waals surface area contributed by atoms with Gasteiger partial charge in [-0.05, 0) is 5.53 Å². The molecule has 0 unspecified atom stereocenters. The Balaban J connectivity index is 3.19. The molecule has 0 aliphatic carbocycles. The Morgan fingerprint density at radius 1 is 1.80 bits per heavy atom. The summed E-state index contributed by atoms with van der Waals surface area (Å²) >= 11 is 2.91. The van der Waals surface area contributed by atoms with Crippen molar-refractivity contribution in [1.29, 1.82) is 0 Å². The third kappa shape index (κ3) is 5.40. The lowest BCUT2D eigenvalue weighted by atomic mass is 10.7. The molecule has 6 heteroatoms. The van der Waals surface area contributed by atoms with Gasteiger partial charge in [0.15, 0.2) is 0 Å². The summed E-state index contributed by atoms with van der Waals surface area (Å²) in [4.78, 5) is 12.9. The highest BCUT2D eigenvalue weighted by molar-refractivity contribution is 9.09. The number of hydrogen-bond acceptors (Lipinski definition) is 3. The molecule has 0 rings (SSSR count). The van der Waals surface area contributed by atoms with Crippen molar-refractivity contribution >= 4 is 21.9 Å². The van der Waals surface area contributed by atoms with Crippen LogP contribution in [-0.2, 0) is 9.53 Å². The van der Waals surface area contributed by atoms with Crippen molar-refractivity contribution < 1.29 is 9.53 Å². The van der Waals surface area contributed by atoms with Crippen molar-refractivity contribution in [1.82, 2.24) is 0 Å². The van der Waals surface area contributed by atoms with Gasteiger partial charge in [-0.3, -0.25) is 4.79 Å². The molecule has 0 aromatic heterocycles. The van der Waals surface area contributed by atoms with Gasteiger partial charge in [0.2, 0.25) is 0 Å². The van der Waals surface area contributed by atoms with Crippen LogP contribution in [-0.4, -0.2) is 24.5 Å². The van der Waals surface area contributed by atoms with E-state index in [0.29, 0.717) is 0 Å². The zero-order valence-corrected chi connectivity index (χ0v) is 6.74. The molecule has 0 saturated carbocycles. The van der Waals surface area contributed by atoms with E-state index in [1.165, 1.54) is 0 Å². The number of alkyl halides is 1. The number of hydrogen-bond donors (Lipinski definition) is 0. The molecule has 0 saturated heterocycles. The highest BCUT2D eigenvalue weighted by Gasteiger charge is 1.95. The molecule has 0 aromatic rings. The highest BCUT2D eigenvalue weighted by atomic mass is 79.9. The highest BCUT2D eigenvalue weighted by Crippen LogP contribution is 1.85. The van der Waals surface area contributed by atoms with Crippen LogP contribution in [0.15, 0.2) is 5.11 Å². The van der Waals surface area contributed by atoms with Gasteiger partial charge in [0.1, 0.15) is 5.33 Å². The molecule has 10 heavy (non-hydrogen) atoms. The minimum atomic E-state index is -0.354. The molecule has 0 radical (unpaired) electrons. The minimum Gasteiger partial charge on any atom is -0.465 e. The average molecular weight is 208 g/mol. The monoisotopic (exact) mass is 207 g/mol. The third-order valence-electron chi connectivity index (χ3n) is 0.627. The molecule has 0 atom stereocenters. The molecular weight excluding hydrogens is 202 g/mol. The lowest BCUT2D eigenvalue weighted by Gasteiger charge is -1.96. The minimum absolute atomic E-state index is 0.147. The van der Waals surface area contributed by atoms with Crippen molar-refractivity contribution in [2.75, 3.05) is 18.5 Å². The molecule has 0 spiro atoms. The van der Waals surface area contributed by atoms with Gasteiger partial charge in [-0.2, -0.15) is 0 Å². The summed E-state index contributed by atoms with van der Waals surface area (Å²) in [6.45, 7) is 0.337. The summed E-state index contributed by atoms with van der Waals surface area (Å²) in [6.07, 6.45) is 0. The van der Waals surface area contributed by atoms with E-state index in [-0.39, 0.29) is 24.5 Å². The van der Waals surface area contributed by atoms with E-state index >= 15 is 0 Å². The number of nitrogens with zero attached hydrogens (tertiary/aromatic N) is 3. The molecular formula is C4H6BrN3O2. The van der Waals surface area contributed by atoms with Crippen molar-refractivity contribution in [3.05, 3.63) is 10.4 Å². The van der Waals surface area contributed by atoms with Crippen LogP contribution in [0.5, 0.6) is 0 Å². The van der Waals surface area contributed by atoms with Crippen LogP contribution in [0.4, 0.5) is 0 Å². The maximum atomic E-state index is 10.4. The summed E-state index contributed by atoms with van der Waals surface area (Å²) in [7, 11) is 0. The molecule has 56 valence electrons. The second-order valence-electron chi connectivity index (χ2n) is 1.31. The largest absolute Gasteiger partial charge is 0.465 e. The first-order valence-electron chi connectivity index (χ1n) is 2.53. The number of carbonyl (C=O) groups excluding carboxylic acids is 1. The van der Waals surface area contributed by atoms with E-state index in [9.17, 15) is 4.79 Å². The lowest BCUT2D eigenvalue weighted by molar-refractivity contribution is -0.139. The van der Waals surface area contributed by atoms with Crippen LogP contribution in [0.25, 0.3) is 10.4 Å². The standard InChI is InChI=1S/C4H6BrN3O2/c5-3-4(9)10-2-1-7-8-6/h1-3H2. The fraction of sp³-hybridized carbons (Fsp3) is 0.750. The molecule has 0 aliphatic rings. The Labute approximate surface area is 66.1 Å². The summed E-state index contributed by atoms with van der Waals surface area (Å²) in [6, 6.07) is 0. The Morgan fingerprint density at radius 2 is 2.50 bits per heavy atom. The van der Waals surface area contributed by atoms with Crippen molar-refractivity contribution in [2.45, 2.75) is 0 Å². The Kier molecular flexibility index (Phi) is 5.91. The van der Waals surface area contributed by atoms with Gasteiger partial charge in [0, 0.05) is 4.91 Å². The first-order valence-corrected chi connectivity index (χ1v) is 3.66. The number of carbonyl (C=O) groups is 1. The second kappa shape index (κ2) is 6.38. The van der Waals surface area contributed by atoms with Crippen LogP contribution in [0.3, 0.4) is 0 Å². The van der Waals surface area contributed by atoms with Crippen LogP contribution in [0, 0.1) is 0 Å².